The van der Waals surface area contributed by atoms with E-state index in [-0.39, 0.29) is 12.1 Å². The minimum absolute atomic E-state index is 0.188. The van der Waals surface area contributed by atoms with Gasteiger partial charge < -0.3 is 11.1 Å². The smallest absolute Gasteiger partial charge is 0.256 e. The average molecular weight is 216 g/mol. The molecule has 1 aromatic heterocycles. The van der Waals surface area contributed by atoms with Crippen LogP contribution in [0.15, 0.2) is 41.3 Å². The number of aromatic nitrogens is 2. The number of nitrogens with one attached hydrogen (secondary N) is 2. The Labute approximate surface area is 92.3 Å². The van der Waals surface area contributed by atoms with Crippen molar-refractivity contribution in [1.29, 1.82) is 0 Å². The lowest BCUT2D eigenvalue weighted by Gasteiger charge is -2.04. The third-order valence-electron chi connectivity index (χ3n) is 2.13. The minimum atomic E-state index is -0.212. The second-order valence-corrected chi connectivity index (χ2v) is 3.28. The Kier molecular flexibility index (Phi) is 2.98. The number of H-pyrrole nitrogens is 1. The molecular formula is C11H12N4O. The van der Waals surface area contributed by atoms with Crippen LogP contribution in [0.1, 0.15) is 5.56 Å². The predicted molar refractivity (Wildman–Crippen MR) is 62.5 cm³/mol. The highest BCUT2D eigenvalue weighted by Crippen LogP contribution is 2.09. The molecule has 0 bridgehead atoms. The molecule has 0 aliphatic carbocycles. The monoisotopic (exact) mass is 216 g/mol. The summed E-state index contributed by atoms with van der Waals surface area (Å²) in [6, 6.07) is 9.48. The van der Waals surface area contributed by atoms with Crippen molar-refractivity contribution in [3.05, 3.63) is 52.4 Å². The molecule has 0 amide bonds. The molecule has 0 saturated heterocycles. The molecule has 5 heteroatoms. The normalized spacial score (nSPS) is 10.1. The average Bonchev–Trinajstić information content (AvgIpc) is 2.31. The molecular weight excluding hydrogens is 204 g/mol. The van der Waals surface area contributed by atoms with Crippen molar-refractivity contribution in [1.82, 2.24) is 9.97 Å². The van der Waals surface area contributed by atoms with E-state index in [0.29, 0.717) is 11.5 Å². The molecule has 0 fully saturated rings. The summed E-state index contributed by atoms with van der Waals surface area (Å²) in [4.78, 5) is 18.1. The first-order chi connectivity index (χ1) is 7.79. The summed E-state index contributed by atoms with van der Waals surface area (Å²) in [6.45, 7) is 0.188. The quantitative estimate of drug-likeness (QED) is 0.713. The number of rotatable bonds is 3. The molecule has 16 heavy (non-hydrogen) atoms. The van der Waals surface area contributed by atoms with Crippen molar-refractivity contribution in [2.75, 3.05) is 5.32 Å². The van der Waals surface area contributed by atoms with Crippen molar-refractivity contribution >= 4 is 11.6 Å². The second-order valence-electron chi connectivity index (χ2n) is 3.28. The molecule has 5 nitrogen and oxygen atoms in total. The standard InChI is InChI=1S/C11H12N4O/c12-6-8-7-13-11(15-10(8)16)14-9-4-2-1-3-5-9/h1-5,7H,6,12H2,(H2,13,14,15,16). The first-order valence-electron chi connectivity index (χ1n) is 4.90. The highest BCUT2D eigenvalue weighted by molar-refractivity contribution is 5.52. The molecule has 0 atom stereocenters. The SMILES string of the molecule is NCc1cnc(Nc2ccccc2)[nH]c1=O. The van der Waals surface area contributed by atoms with Gasteiger partial charge >= 0.3 is 0 Å². The lowest BCUT2D eigenvalue weighted by Crippen LogP contribution is -2.18. The third-order valence-corrected chi connectivity index (χ3v) is 2.13. The number of para-hydroxylation sites is 1. The van der Waals surface area contributed by atoms with Crippen LogP contribution >= 0.6 is 0 Å². The van der Waals surface area contributed by atoms with E-state index < -0.39 is 0 Å². The maximum atomic E-state index is 11.4. The maximum Gasteiger partial charge on any atom is 0.256 e. The number of nitrogens with zero attached hydrogens (tertiary/aromatic N) is 1. The fraction of sp³-hybridized carbons (Fsp3) is 0.0909. The molecule has 1 heterocycles. The lowest BCUT2D eigenvalue weighted by atomic mass is 10.3. The first kappa shape index (κ1) is 10.4. The summed E-state index contributed by atoms with van der Waals surface area (Å²) in [6.07, 6.45) is 1.48. The van der Waals surface area contributed by atoms with E-state index in [1.165, 1.54) is 6.20 Å². The van der Waals surface area contributed by atoms with Crippen LogP contribution in [0, 0.1) is 0 Å². The van der Waals surface area contributed by atoms with Gasteiger partial charge in [-0.25, -0.2) is 4.98 Å². The largest absolute Gasteiger partial charge is 0.326 e. The maximum absolute atomic E-state index is 11.4. The van der Waals surface area contributed by atoms with Crippen molar-refractivity contribution < 1.29 is 0 Å². The molecule has 2 aromatic rings. The molecule has 0 spiro atoms. The summed E-state index contributed by atoms with van der Waals surface area (Å²) in [5, 5.41) is 2.99. The molecule has 0 aliphatic heterocycles. The van der Waals surface area contributed by atoms with Crippen molar-refractivity contribution in [2.24, 2.45) is 5.73 Å². The van der Waals surface area contributed by atoms with Gasteiger partial charge in [0.25, 0.3) is 5.56 Å². The van der Waals surface area contributed by atoms with E-state index in [4.69, 9.17) is 5.73 Å². The van der Waals surface area contributed by atoms with Crippen LogP contribution in [0.5, 0.6) is 0 Å². The summed E-state index contributed by atoms with van der Waals surface area (Å²) < 4.78 is 0. The Morgan fingerprint density at radius 1 is 1.31 bits per heavy atom. The molecule has 82 valence electrons. The highest BCUT2D eigenvalue weighted by Gasteiger charge is 2.00. The number of nitrogens with two attached hydrogens (primary N) is 1. The van der Waals surface area contributed by atoms with E-state index in [1.807, 2.05) is 30.3 Å². The Balaban J connectivity index is 2.23. The van der Waals surface area contributed by atoms with Gasteiger partial charge in [-0.1, -0.05) is 18.2 Å². The van der Waals surface area contributed by atoms with Crippen LogP contribution in [-0.2, 0) is 6.54 Å². The fourth-order valence-electron chi connectivity index (χ4n) is 1.29. The van der Waals surface area contributed by atoms with Crippen molar-refractivity contribution in [3.63, 3.8) is 0 Å². The van der Waals surface area contributed by atoms with E-state index in [1.54, 1.807) is 0 Å². The number of anilines is 2. The van der Waals surface area contributed by atoms with Gasteiger partial charge in [-0.05, 0) is 12.1 Å². The molecule has 0 radical (unpaired) electrons. The molecule has 0 aliphatic rings. The minimum Gasteiger partial charge on any atom is -0.326 e. The van der Waals surface area contributed by atoms with Crippen molar-refractivity contribution in [3.8, 4) is 0 Å². The van der Waals surface area contributed by atoms with Crippen LogP contribution in [-0.4, -0.2) is 9.97 Å². The van der Waals surface area contributed by atoms with Gasteiger partial charge in [-0.15, -0.1) is 0 Å². The van der Waals surface area contributed by atoms with Gasteiger partial charge in [0, 0.05) is 24.0 Å². The lowest BCUT2D eigenvalue weighted by molar-refractivity contribution is 0.979. The number of hydrogen-bond donors (Lipinski definition) is 3. The second kappa shape index (κ2) is 4.59. The zero-order chi connectivity index (χ0) is 11.4. The predicted octanol–water partition coefficient (Wildman–Crippen LogP) is 0.972. The topological polar surface area (TPSA) is 83.8 Å². The Morgan fingerprint density at radius 2 is 2.06 bits per heavy atom. The van der Waals surface area contributed by atoms with Crippen LogP contribution < -0.4 is 16.6 Å². The van der Waals surface area contributed by atoms with Gasteiger partial charge in [0.1, 0.15) is 0 Å². The number of benzene rings is 1. The highest BCUT2D eigenvalue weighted by atomic mass is 16.1. The van der Waals surface area contributed by atoms with E-state index in [2.05, 4.69) is 15.3 Å². The zero-order valence-corrected chi connectivity index (χ0v) is 8.60. The Morgan fingerprint density at radius 3 is 2.69 bits per heavy atom. The van der Waals surface area contributed by atoms with E-state index >= 15 is 0 Å². The van der Waals surface area contributed by atoms with Gasteiger partial charge in [0.15, 0.2) is 0 Å². The van der Waals surface area contributed by atoms with Gasteiger partial charge in [0.2, 0.25) is 5.95 Å². The van der Waals surface area contributed by atoms with Crippen LogP contribution in [0.3, 0.4) is 0 Å². The summed E-state index contributed by atoms with van der Waals surface area (Å²) in [5.74, 6) is 0.411. The van der Waals surface area contributed by atoms with Gasteiger partial charge in [0.05, 0.1) is 0 Å². The van der Waals surface area contributed by atoms with E-state index in [0.717, 1.165) is 5.69 Å². The summed E-state index contributed by atoms with van der Waals surface area (Å²) >= 11 is 0. The zero-order valence-electron chi connectivity index (χ0n) is 8.60. The number of aromatic amines is 1. The van der Waals surface area contributed by atoms with Gasteiger partial charge in [-0.2, -0.15) is 0 Å². The summed E-state index contributed by atoms with van der Waals surface area (Å²) in [5.41, 5.74) is 6.50. The molecule has 2 rings (SSSR count). The van der Waals surface area contributed by atoms with E-state index in [9.17, 15) is 4.79 Å². The van der Waals surface area contributed by atoms with Gasteiger partial charge in [-0.3, -0.25) is 9.78 Å². The van der Waals surface area contributed by atoms with Crippen LogP contribution in [0.25, 0.3) is 0 Å². The Bertz CT molecular complexity index is 521. The molecule has 0 saturated carbocycles. The Hall–Kier alpha value is -2.14. The van der Waals surface area contributed by atoms with Crippen molar-refractivity contribution in [2.45, 2.75) is 6.54 Å². The molecule has 4 N–H and O–H groups in total. The third kappa shape index (κ3) is 2.26. The first-order valence-corrected chi connectivity index (χ1v) is 4.90. The fourth-order valence-corrected chi connectivity index (χ4v) is 1.29. The molecule has 0 unspecified atom stereocenters. The van der Waals surface area contributed by atoms with Crippen LogP contribution in [0.4, 0.5) is 11.6 Å². The molecule has 1 aromatic carbocycles. The number of hydrogen-bond acceptors (Lipinski definition) is 4. The summed E-state index contributed by atoms with van der Waals surface area (Å²) in [7, 11) is 0. The van der Waals surface area contributed by atoms with Crippen LogP contribution in [0.2, 0.25) is 0 Å².